The van der Waals surface area contributed by atoms with Crippen LogP contribution in [0.1, 0.15) is 105 Å². The molecule has 66 heavy (non-hydrogen) atoms. The Balaban J connectivity index is 0.00000592. The van der Waals surface area contributed by atoms with Crippen molar-refractivity contribution in [3.05, 3.63) is 162 Å². The fourth-order valence-electron chi connectivity index (χ4n) is 8.59. The number of phenolic OH excluding ortho intramolecular Hbond substituents is 1. The van der Waals surface area contributed by atoms with Gasteiger partial charge in [0, 0.05) is 32.2 Å². The maximum absolute atomic E-state index is 12.6. The van der Waals surface area contributed by atoms with Crippen LogP contribution in [0.15, 0.2) is 134 Å². The zero-order valence-electron chi connectivity index (χ0n) is 40.2. The van der Waals surface area contributed by atoms with Gasteiger partial charge < -0.3 is 5.11 Å². The minimum Gasteiger partial charge on any atom is 0 e. The molecular formula is C59H59N4OPtSe-. The quantitative estimate of drug-likeness (QED) is 0.133. The number of benzene rings is 6. The van der Waals surface area contributed by atoms with Crippen LogP contribution >= 0.6 is 0 Å². The zero-order valence-corrected chi connectivity index (χ0v) is 44.1. The number of nitrogens with zero attached hydrogens (tertiary/aromatic N) is 4. The van der Waals surface area contributed by atoms with Gasteiger partial charge in [-0.2, -0.15) is 0 Å². The molecular weight excluding hydrogens is 1050 g/mol. The van der Waals surface area contributed by atoms with Gasteiger partial charge in [0.05, 0.1) is 0 Å². The van der Waals surface area contributed by atoms with Crippen molar-refractivity contribution in [2.45, 2.75) is 105 Å². The molecule has 0 unspecified atom stereocenters. The number of rotatable bonds is 6. The molecule has 9 rings (SSSR count). The van der Waals surface area contributed by atoms with E-state index in [1.807, 2.05) is 6.20 Å². The Bertz CT molecular complexity index is 3230. The van der Waals surface area contributed by atoms with Gasteiger partial charge in [-0.3, -0.25) is 0 Å². The molecule has 1 N–H and O–H groups in total. The third-order valence-corrected chi connectivity index (χ3v) is 14.8. The Hall–Kier alpha value is -5.38. The van der Waals surface area contributed by atoms with Crippen LogP contribution in [0.25, 0.3) is 81.5 Å². The summed E-state index contributed by atoms with van der Waals surface area (Å²) in [5.74, 6) is 0.936. The number of aromatic hydroxyl groups is 1. The van der Waals surface area contributed by atoms with Crippen LogP contribution in [-0.4, -0.2) is 39.1 Å². The summed E-state index contributed by atoms with van der Waals surface area (Å²) in [6.07, 6.45) is 1.90. The topological polar surface area (TPSA) is 63.8 Å². The molecule has 0 aliphatic rings. The SMILES string of the molecule is CC(C)(C)c1cc(-c2cc(-c3nc4ccccc4[se]3)ccn2)[c-]c(-c2cccc3c2nc(-c2cc(C(C)(C)C)cc(C(C)(C)C)c2O)n3-c2ccc(C(C)(C)C)cc2-c2ccccc2)c1.[Pt]. The van der Waals surface area contributed by atoms with Gasteiger partial charge in [0.15, 0.2) is 0 Å². The van der Waals surface area contributed by atoms with Crippen molar-refractivity contribution >= 4 is 35.3 Å². The van der Waals surface area contributed by atoms with Crippen molar-refractivity contribution < 1.29 is 26.2 Å². The molecule has 0 aliphatic heterocycles. The van der Waals surface area contributed by atoms with E-state index in [1.54, 1.807) is 0 Å². The summed E-state index contributed by atoms with van der Waals surface area (Å²) in [6.45, 7) is 26.7. The van der Waals surface area contributed by atoms with E-state index in [0.29, 0.717) is 11.4 Å². The molecule has 0 amide bonds. The molecule has 0 bridgehead atoms. The number of phenols is 1. The molecule has 5 nitrogen and oxygen atoms in total. The first-order valence-electron chi connectivity index (χ1n) is 22.7. The Morgan fingerprint density at radius 3 is 1.88 bits per heavy atom. The van der Waals surface area contributed by atoms with E-state index in [9.17, 15) is 5.11 Å². The van der Waals surface area contributed by atoms with E-state index < -0.39 is 0 Å². The standard InChI is InChI=1S/C59H59N4OSe.Pt/c1-56(2,3)40-25-26-49(44(33-40)36-19-14-13-15-20-36)63-50-23-18-21-43(52(50)62-54(63)45-34-42(58(7,8)9)35-46(53(45)64)59(10,11)12)38-29-39(31-41(30-38)57(4,5)6)48-32-37(27-28-60-48)55-61-47-22-16-17-24-51(47)65-55;/h13-28,30-35,64H,1-12H3;/q-1;. The second-order valence-corrected chi connectivity index (χ2v) is 23.7. The van der Waals surface area contributed by atoms with Crippen LogP contribution in [0.5, 0.6) is 5.75 Å². The van der Waals surface area contributed by atoms with Gasteiger partial charge in [-0.1, -0.05) is 105 Å². The first kappa shape index (κ1) is 47.1. The summed E-state index contributed by atoms with van der Waals surface area (Å²) in [6, 6.07) is 49.3. The van der Waals surface area contributed by atoms with Crippen LogP contribution in [0.3, 0.4) is 0 Å². The maximum atomic E-state index is 12.6. The molecule has 0 saturated heterocycles. The monoisotopic (exact) mass is 1110 g/mol. The predicted octanol–water partition coefficient (Wildman–Crippen LogP) is 15.1. The van der Waals surface area contributed by atoms with Crippen LogP contribution < -0.4 is 0 Å². The number of hydrogen-bond acceptors (Lipinski definition) is 4. The number of pyridine rings is 1. The largest absolute Gasteiger partial charge is 0 e. The average Bonchev–Trinajstić information content (AvgIpc) is 3.87. The van der Waals surface area contributed by atoms with Crippen LogP contribution in [0.2, 0.25) is 0 Å². The molecule has 6 aromatic carbocycles. The summed E-state index contributed by atoms with van der Waals surface area (Å²) in [5.41, 5.74) is 15.2. The molecule has 0 aliphatic carbocycles. The third kappa shape index (κ3) is 9.05. The van der Waals surface area contributed by atoms with E-state index >= 15 is 0 Å². The fourth-order valence-corrected chi connectivity index (χ4v) is 10.6. The van der Waals surface area contributed by atoms with Gasteiger partial charge in [-0.25, -0.2) is 0 Å². The summed E-state index contributed by atoms with van der Waals surface area (Å²) in [5, 5.41) is 12.6. The molecule has 9 aromatic rings. The van der Waals surface area contributed by atoms with E-state index in [-0.39, 0.29) is 63.0 Å². The molecule has 3 heterocycles. The molecule has 7 heteroatoms. The number of para-hydroxylation sites is 2. The summed E-state index contributed by atoms with van der Waals surface area (Å²) in [7, 11) is 0. The van der Waals surface area contributed by atoms with Gasteiger partial charge in [-0.05, 0) is 51.1 Å². The predicted molar refractivity (Wildman–Crippen MR) is 274 cm³/mol. The van der Waals surface area contributed by atoms with Crippen molar-refractivity contribution in [3.63, 3.8) is 0 Å². The fraction of sp³-hybridized carbons (Fsp3) is 0.271. The van der Waals surface area contributed by atoms with Gasteiger partial charge in [0.25, 0.3) is 0 Å². The van der Waals surface area contributed by atoms with Gasteiger partial charge in [0.2, 0.25) is 0 Å². The summed E-state index contributed by atoms with van der Waals surface area (Å²) >= 11 is 0.117. The molecule has 0 spiro atoms. The van der Waals surface area contributed by atoms with E-state index in [0.717, 1.165) is 77.0 Å². The Morgan fingerprint density at radius 1 is 0.545 bits per heavy atom. The van der Waals surface area contributed by atoms with Crippen molar-refractivity contribution in [1.29, 1.82) is 0 Å². The number of imidazole rings is 1. The smallest absolute Gasteiger partial charge is 0 e. The molecule has 3 aromatic heterocycles. The Kier molecular flexibility index (Phi) is 12.4. The van der Waals surface area contributed by atoms with Crippen LogP contribution in [-0.2, 0) is 42.7 Å². The van der Waals surface area contributed by atoms with Crippen molar-refractivity contribution in [2.24, 2.45) is 0 Å². The Labute approximate surface area is 411 Å². The second-order valence-electron chi connectivity index (χ2n) is 21.6. The molecule has 0 radical (unpaired) electrons. The number of fused-ring (bicyclic) bond motifs is 2. The van der Waals surface area contributed by atoms with E-state index in [4.69, 9.17) is 15.0 Å². The average molecular weight is 1110 g/mol. The van der Waals surface area contributed by atoms with Gasteiger partial charge >= 0.3 is 215 Å². The van der Waals surface area contributed by atoms with Crippen molar-refractivity contribution in [3.8, 4) is 66.5 Å². The Morgan fingerprint density at radius 2 is 1.20 bits per heavy atom. The zero-order chi connectivity index (χ0) is 46.2. The first-order valence-corrected chi connectivity index (χ1v) is 24.4. The molecule has 0 fully saturated rings. The van der Waals surface area contributed by atoms with E-state index in [1.165, 1.54) is 15.4 Å². The number of aromatic nitrogens is 4. The van der Waals surface area contributed by atoms with Crippen molar-refractivity contribution in [1.82, 2.24) is 19.5 Å². The molecule has 338 valence electrons. The van der Waals surface area contributed by atoms with Crippen molar-refractivity contribution in [2.75, 3.05) is 0 Å². The maximum Gasteiger partial charge on any atom is 0 e. The van der Waals surface area contributed by atoms with Crippen LogP contribution in [0.4, 0.5) is 0 Å². The second kappa shape index (κ2) is 17.4. The third-order valence-electron chi connectivity index (χ3n) is 12.5. The van der Waals surface area contributed by atoms with Crippen LogP contribution in [0, 0.1) is 6.07 Å². The minimum absolute atomic E-state index is 0. The molecule has 0 atom stereocenters. The normalized spacial score (nSPS) is 12.5. The van der Waals surface area contributed by atoms with Gasteiger partial charge in [-0.15, -0.1) is 0 Å². The first-order chi connectivity index (χ1) is 30.6. The summed E-state index contributed by atoms with van der Waals surface area (Å²) in [4.78, 5) is 15.7. The minimum atomic E-state index is -0.328. The number of hydrogen-bond donors (Lipinski definition) is 1. The van der Waals surface area contributed by atoms with Gasteiger partial charge in [0.1, 0.15) is 5.75 Å². The molecule has 0 saturated carbocycles. The van der Waals surface area contributed by atoms with E-state index in [2.05, 4.69) is 221 Å². The summed E-state index contributed by atoms with van der Waals surface area (Å²) < 4.78 is 4.69.